The molecule has 1 atom stereocenters. The third-order valence-electron chi connectivity index (χ3n) is 3.89. The third-order valence-corrected chi connectivity index (χ3v) is 6.55. The second-order valence-electron chi connectivity index (χ2n) is 5.80. The molecule has 0 radical (unpaired) electrons. The normalized spacial score (nSPS) is 12.0. The average Bonchev–Trinajstić information content (AvgIpc) is 3.47. The maximum absolute atomic E-state index is 13.3. The van der Waals surface area contributed by atoms with Gasteiger partial charge in [-0.05, 0) is 40.6 Å². The minimum absolute atomic E-state index is 0.143. The molecule has 0 saturated heterocycles. The van der Waals surface area contributed by atoms with Gasteiger partial charge < -0.3 is 5.32 Å². The van der Waals surface area contributed by atoms with Crippen molar-refractivity contribution in [3.05, 3.63) is 75.5 Å². The van der Waals surface area contributed by atoms with E-state index in [1.54, 1.807) is 34.8 Å². The highest BCUT2D eigenvalue weighted by molar-refractivity contribution is 7.99. The van der Waals surface area contributed by atoms with Crippen LogP contribution < -0.4 is 5.32 Å². The van der Waals surface area contributed by atoms with Crippen LogP contribution in [-0.2, 0) is 4.79 Å². The minimum Gasteiger partial charge on any atom is -0.344 e. The predicted octanol–water partition coefficient (Wildman–Crippen LogP) is 4.73. The summed E-state index contributed by atoms with van der Waals surface area (Å²) in [5.41, 5.74) is 0.833. The standard InChI is InChI=1S/C19H15FN4OS3/c20-13-7-5-12(6-8-13)17(14-3-1-9-26-14)21-16(25)11-28-19-22-18(23-24-19)15-4-2-10-27-15/h1-10,17H,11H2,(H,21,25)(H,22,23,24)/t17-/m1/s1. The van der Waals surface area contributed by atoms with Crippen LogP contribution >= 0.6 is 34.4 Å². The molecule has 0 saturated carbocycles. The Kier molecular flexibility index (Phi) is 5.84. The summed E-state index contributed by atoms with van der Waals surface area (Å²) in [7, 11) is 0. The molecule has 0 fully saturated rings. The lowest BCUT2D eigenvalue weighted by Gasteiger charge is -2.18. The Bertz CT molecular complexity index is 1030. The number of nitrogens with one attached hydrogen (secondary N) is 2. The number of hydrogen-bond donors (Lipinski definition) is 2. The summed E-state index contributed by atoms with van der Waals surface area (Å²) in [6.07, 6.45) is 0. The van der Waals surface area contributed by atoms with Crippen LogP contribution in [0.4, 0.5) is 4.39 Å². The summed E-state index contributed by atoms with van der Waals surface area (Å²) >= 11 is 4.38. The van der Waals surface area contributed by atoms with Crippen LogP contribution in [0, 0.1) is 5.82 Å². The lowest BCUT2D eigenvalue weighted by atomic mass is 10.1. The Hall–Kier alpha value is -2.49. The molecule has 1 amide bonds. The van der Waals surface area contributed by atoms with E-state index in [0.29, 0.717) is 11.0 Å². The molecule has 1 aromatic carbocycles. The Morgan fingerprint density at radius 1 is 1.14 bits per heavy atom. The molecule has 0 spiro atoms. The first-order valence-electron chi connectivity index (χ1n) is 8.36. The molecule has 0 bridgehead atoms. The molecule has 0 aliphatic carbocycles. The summed E-state index contributed by atoms with van der Waals surface area (Å²) in [5, 5.41) is 14.5. The van der Waals surface area contributed by atoms with Gasteiger partial charge in [-0.25, -0.2) is 9.37 Å². The van der Waals surface area contributed by atoms with Gasteiger partial charge in [0.05, 0.1) is 16.7 Å². The lowest BCUT2D eigenvalue weighted by molar-refractivity contribution is -0.119. The minimum atomic E-state index is -0.317. The molecule has 9 heteroatoms. The number of hydrogen-bond acceptors (Lipinski definition) is 6. The first kappa shape index (κ1) is 18.9. The number of thiophene rings is 2. The van der Waals surface area contributed by atoms with E-state index in [-0.39, 0.29) is 23.5 Å². The number of nitrogens with zero attached hydrogens (tertiary/aromatic N) is 2. The van der Waals surface area contributed by atoms with E-state index in [0.717, 1.165) is 15.3 Å². The number of aromatic amines is 1. The third kappa shape index (κ3) is 4.49. The zero-order valence-electron chi connectivity index (χ0n) is 14.5. The van der Waals surface area contributed by atoms with Gasteiger partial charge in [-0.2, -0.15) is 0 Å². The van der Waals surface area contributed by atoms with Crippen LogP contribution in [0.2, 0.25) is 0 Å². The zero-order chi connectivity index (χ0) is 19.3. The van der Waals surface area contributed by atoms with Crippen molar-refractivity contribution in [2.75, 3.05) is 5.75 Å². The number of amides is 1. The number of halogens is 1. The average molecular weight is 431 g/mol. The van der Waals surface area contributed by atoms with Crippen molar-refractivity contribution in [1.82, 2.24) is 20.5 Å². The van der Waals surface area contributed by atoms with Crippen molar-refractivity contribution in [1.29, 1.82) is 0 Å². The Morgan fingerprint density at radius 3 is 2.64 bits per heavy atom. The summed E-state index contributed by atoms with van der Waals surface area (Å²) in [6.45, 7) is 0. The van der Waals surface area contributed by atoms with E-state index in [1.165, 1.54) is 23.9 Å². The van der Waals surface area contributed by atoms with Gasteiger partial charge in [-0.3, -0.25) is 9.89 Å². The molecular formula is C19H15FN4OS3. The highest BCUT2D eigenvalue weighted by Gasteiger charge is 2.19. The van der Waals surface area contributed by atoms with Gasteiger partial charge in [-0.15, -0.1) is 27.8 Å². The van der Waals surface area contributed by atoms with E-state index < -0.39 is 0 Å². The number of carbonyl (C=O) groups is 1. The van der Waals surface area contributed by atoms with Crippen molar-refractivity contribution >= 4 is 40.3 Å². The molecular weight excluding hydrogens is 415 g/mol. The first-order chi connectivity index (χ1) is 13.7. The smallest absolute Gasteiger partial charge is 0.231 e. The number of H-pyrrole nitrogens is 1. The van der Waals surface area contributed by atoms with Gasteiger partial charge in [0.15, 0.2) is 5.82 Å². The van der Waals surface area contributed by atoms with E-state index in [9.17, 15) is 9.18 Å². The molecule has 5 nitrogen and oxygen atoms in total. The van der Waals surface area contributed by atoms with Crippen LogP contribution in [0.5, 0.6) is 0 Å². The fourth-order valence-corrected chi connectivity index (χ4v) is 4.67. The maximum Gasteiger partial charge on any atom is 0.231 e. The Labute approximate surface area is 173 Å². The van der Waals surface area contributed by atoms with Crippen molar-refractivity contribution in [3.8, 4) is 10.7 Å². The number of rotatable bonds is 7. The van der Waals surface area contributed by atoms with Crippen molar-refractivity contribution < 1.29 is 9.18 Å². The first-order valence-corrected chi connectivity index (χ1v) is 11.1. The monoisotopic (exact) mass is 430 g/mol. The summed E-state index contributed by atoms with van der Waals surface area (Å²) in [4.78, 5) is 18.9. The van der Waals surface area contributed by atoms with Crippen molar-refractivity contribution in [2.45, 2.75) is 11.2 Å². The Morgan fingerprint density at radius 2 is 1.93 bits per heavy atom. The van der Waals surface area contributed by atoms with Gasteiger partial charge in [0.2, 0.25) is 11.1 Å². The van der Waals surface area contributed by atoms with E-state index in [1.807, 2.05) is 35.0 Å². The molecule has 2 N–H and O–H groups in total. The van der Waals surface area contributed by atoms with Crippen LogP contribution in [0.25, 0.3) is 10.7 Å². The fraction of sp³-hybridized carbons (Fsp3) is 0.105. The SMILES string of the molecule is O=C(CSc1n[nH]c(-c2cccs2)n1)N[C@H](c1ccc(F)cc1)c1cccs1. The predicted molar refractivity (Wildman–Crippen MR) is 111 cm³/mol. The van der Waals surface area contributed by atoms with Crippen LogP contribution in [0.1, 0.15) is 16.5 Å². The van der Waals surface area contributed by atoms with Gasteiger partial charge in [-0.1, -0.05) is 36.0 Å². The summed E-state index contributed by atoms with van der Waals surface area (Å²) in [6, 6.07) is 13.6. The Balaban J connectivity index is 1.41. The number of carbonyl (C=O) groups excluding carboxylic acids is 1. The van der Waals surface area contributed by atoms with Crippen LogP contribution in [0.3, 0.4) is 0 Å². The molecule has 28 heavy (non-hydrogen) atoms. The highest BCUT2D eigenvalue weighted by atomic mass is 32.2. The summed E-state index contributed by atoms with van der Waals surface area (Å²) in [5.74, 6) is 0.433. The largest absolute Gasteiger partial charge is 0.344 e. The molecule has 3 aromatic heterocycles. The fourth-order valence-electron chi connectivity index (χ4n) is 2.60. The zero-order valence-corrected chi connectivity index (χ0v) is 16.9. The van der Waals surface area contributed by atoms with Crippen molar-refractivity contribution in [2.24, 2.45) is 0 Å². The quantitative estimate of drug-likeness (QED) is 0.416. The molecule has 4 aromatic rings. The maximum atomic E-state index is 13.3. The topological polar surface area (TPSA) is 70.7 Å². The van der Waals surface area contributed by atoms with E-state index in [2.05, 4.69) is 20.5 Å². The second-order valence-corrected chi connectivity index (χ2v) is 8.67. The molecule has 142 valence electrons. The van der Waals surface area contributed by atoms with Gasteiger partial charge in [0, 0.05) is 4.88 Å². The van der Waals surface area contributed by atoms with Gasteiger partial charge in [0.1, 0.15) is 5.82 Å². The van der Waals surface area contributed by atoms with E-state index >= 15 is 0 Å². The molecule has 0 aliphatic heterocycles. The van der Waals surface area contributed by atoms with Crippen molar-refractivity contribution in [3.63, 3.8) is 0 Å². The molecule has 3 heterocycles. The molecule has 0 unspecified atom stereocenters. The van der Waals surface area contributed by atoms with Gasteiger partial charge >= 0.3 is 0 Å². The second kappa shape index (κ2) is 8.68. The highest BCUT2D eigenvalue weighted by Crippen LogP contribution is 2.27. The number of aromatic nitrogens is 3. The number of benzene rings is 1. The molecule has 4 rings (SSSR count). The van der Waals surface area contributed by atoms with Crippen LogP contribution in [0.15, 0.2) is 64.4 Å². The van der Waals surface area contributed by atoms with Gasteiger partial charge in [0.25, 0.3) is 0 Å². The number of thioether (sulfide) groups is 1. The van der Waals surface area contributed by atoms with Crippen LogP contribution in [-0.4, -0.2) is 26.8 Å². The molecule has 0 aliphatic rings. The summed E-state index contributed by atoms with van der Waals surface area (Å²) < 4.78 is 13.3. The lowest BCUT2D eigenvalue weighted by Crippen LogP contribution is -2.30. The van der Waals surface area contributed by atoms with E-state index in [4.69, 9.17) is 0 Å².